The summed E-state index contributed by atoms with van der Waals surface area (Å²) in [6.07, 6.45) is -4.51. The predicted octanol–water partition coefficient (Wildman–Crippen LogP) is 4.08. The first-order valence-corrected chi connectivity index (χ1v) is 4.72. The Kier molecular flexibility index (Phi) is 3.28. The molecule has 0 aliphatic heterocycles. The van der Waals surface area contributed by atoms with Crippen LogP contribution in [-0.2, 0) is 0 Å². The van der Waals surface area contributed by atoms with Crippen molar-refractivity contribution in [3.05, 3.63) is 28.7 Å². The molecule has 0 amide bonds. The van der Waals surface area contributed by atoms with E-state index in [1.54, 1.807) is 0 Å². The monoisotopic (exact) mass is 286 g/mol. The SMILES string of the molecule is CC(F)(F)C(F)(F)Oc1ccc(Br)cc1. The third-order valence-corrected chi connectivity index (χ3v) is 2.10. The molecule has 0 radical (unpaired) electrons. The van der Waals surface area contributed by atoms with Gasteiger partial charge in [-0.3, -0.25) is 0 Å². The van der Waals surface area contributed by atoms with Gasteiger partial charge in [-0.25, -0.2) is 0 Å². The lowest BCUT2D eigenvalue weighted by Gasteiger charge is -2.23. The molecule has 0 atom stereocenters. The van der Waals surface area contributed by atoms with Crippen molar-refractivity contribution in [2.24, 2.45) is 0 Å². The average Bonchev–Trinajstić information content (AvgIpc) is 2.06. The molecule has 6 heteroatoms. The molecule has 1 aromatic rings. The van der Waals surface area contributed by atoms with E-state index < -0.39 is 12.0 Å². The van der Waals surface area contributed by atoms with Gasteiger partial charge in [0, 0.05) is 11.4 Å². The second-order valence-electron chi connectivity index (χ2n) is 2.96. The molecule has 0 unspecified atom stereocenters. The maximum atomic E-state index is 12.7. The smallest absolute Gasteiger partial charge is 0.428 e. The number of rotatable bonds is 3. The van der Waals surface area contributed by atoms with E-state index in [-0.39, 0.29) is 12.7 Å². The molecule has 84 valence electrons. The van der Waals surface area contributed by atoms with Gasteiger partial charge in [-0.1, -0.05) is 15.9 Å². The fourth-order valence-electron chi connectivity index (χ4n) is 0.740. The first-order valence-electron chi connectivity index (χ1n) is 3.92. The minimum absolute atomic E-state index is 0.103. The molecular weight excluding hydrogens is 280 g/mol. The van der Waals surface area contributed by atoms with Gasteiger partial charge in [0.15, 0.2) is 0 Å². The Morgan fingerprint density at radius 3 is 1.93 bits per heavy atom. The Labute approximate surface area is 92.2 Å². The van der Waals surface area contributed by atoms with E-state index in [9.17, 15) is 17.6 Å². The molecule has 1 rings (SSSR count). The molecule has 0 aliphatic carbocycles. The summed E-state index contributed by atoms with van der Waals surface area (Å²) in [4.78, 5) is 0. The first-order chi connectivity index (χ1) is 6.72. The van der Waals surface area contributed by atoms with Crippen molar-refractivity contribution in [2.75, 3.05) is 0 Å². The van der Waals surface area contributed by atoms with Crippen molar-refractivity contribution in [3.63, 3.8) is 0 Å². The standard InChI is InChI=1S/C9H7BrF4O/c1-8(11,12)9(13,14)15-7-4-2-6(10)3-5-7/h2-5H,1H3. The van der Waals surface area contributed by atoms with Crippen molar-refractivity contribution in [1.82, 2.24) is 0 Å². The van der Waals surface area contributed by atoms with E-state index in [4.69, 9.17) is 0 Å². The molecule has 0 spiro atoms. The van der Waals surface area contributed by atoms with Crippen molar-refractivity contribution in [3.8, 4) is 5.75 Å². The molecule has 0 saturated heterocycles. The van der Waals surface area contributed by atoms with Gasteiger partial charge in [0.1, 0.15) is 5.75 Å². The molecule has 0 bridgehead atoms. The highest BCUT2D eigenvalue weighted by Gasteiger charge is 2.55. The van der Waals surface area contributed by atoms with Crippen LogP contribution in [0.1, 0.15) is 6.92 Å². The van der Waals surface area contributed by atoms with Crippen LogP contribution in [0.3, 0.4) is 0 Å². The maximum absolute atomic E-state index is 12.7. The summed E-state index contributed by atoms with van der Waals surface area (Å²) < 4.78 is 54.8. The van der Waals surface area contributed by atoms with E-state index in [0.29, 0.717) is 4.47 Å². The summed E-state index contributed by atoms with van der Waals surface area (Å²) in [5.74, 6) is -4.54. The van der Waals surface area contributed by atoms with E-state index in [1.807, 2.05) is 0 Å². The summed E-state index contributed by atoms with van der Waals surface area (Å²) in [6, 6.07) is 5.17. The molecule has 0 saturated carbocycles. The van der Waals surface area contributed by atoms with Gasteiger partial charge < -0.3 is 4.74 Å². The molecule has 0 aliphatic rings. The summed E-state index contributed by atoms with van der Waals surface area (Å²) in [5.41, 5.74) is 0. The molecule has 0 fully saturated rings. The van der Waals surface area contributed by atoms with E-state index in [2.05, 4.69) is 20.7 Å². The van der Waals surface area contributed by atoms with E-state index in [0.717, 1.165) is 0 Å². The Morgan fingerprint density at radius 1 is 1.07 bits per heavy atom. The van der Waals surface area contributed by atoms with Gasteiger partial charge in [0.25, 0.3) is 0 Å². The van der Waals surface area contributed by atoms with Crippen LogP contribution in [-0.4, -0.2) is 12.0 Å². The van der Waals surface area contributed by atoms with Crippen LogP contribution in [0.15, 0.2) is 28.7 Å². The van der Waals surface area contributed by atoms with Crippen LogP contribution in [0.5, 0.6) is 5.75 Å². The molecule has 1 nitrogen and oxygen atoms in total. The first kappa shape index (κ1) is 12.3. The number of ether oxygens (including phenoxy) is 1. The zero-order chi connectivity index (χ0) is 11.7. The largest absolute Gasteiger partial charge is 0.463 e. The second-order valence-corrected chi connectivity index (χ2v) is 3.88. The lowest BCUT2D eigenvalue weighted by molar-refractivity contribution is -0.301. The highest BCUT2D eigenvalue weighted by Crippen LogP contribution is 2.35. The molecule has 0 aromatic heterocycles. The molecular formula is C9H7BrF4O. The quantitative estimate of drug-likeness (QED) is 0.761. The number of halogens is 5. The topological polar surface area (TPSA) is 9.23 Å². The number of hydrogen-bond donors (Lipinski definition) is 0. The Hall–Kier alpha value is -0.780. The Bertz CT molecular complexity index is 331. The summed E-state index contributed by atoms with van der Waals surface area (Å²) >= 11 is 3.07. The van der Waals surface area contributed by atoms with Gasteiger partial charge in [0.2, 0.25) is 0 Å². The van der Waals surface area contributed by atoms with Crippen LogP contribution >= 0.6 is 15.9 Å². The minimum atomic E-state index is -4.51. The van der Waals surface area contributed by atoms with Crippen LogP contribution < -0.4 is 4.74 Å². The summed E-state index contributed by atoms with van der Waals surface area (Å²) in [7, 11) is 0. The van der Waals surface area contributed by atoms with Gasteiger partial charge in [-0.2, -0.15) is 17.6 Å². The van der Waals surface area contributed by atoms with Crippen LogP contribution in [0, 0.1) is 0 Å². The van der Waals surface area contributed by atoms with Gasteiger partial charge in [-0.05, 0) is 24.3 Å². The fourth-order valence-corrected chi connectivity index (χ4v) is 1.00. The average molecular weight is 287 g/mol. The van der Waals surface area contributed by atoms with Gasteiger partial charge in [-0.15, -0.1) is 0 Å². The number of benzene rings is 1. The minimum Gasteiger partial charge on any atom is -0.428 e. The Morgan fingerprint density at radius 2 is 1.53 bits per heavy atom. The lowest BCUT2D eigenvalue weighted by Crippen LogP contribution is -2.42. The summed E-state index contributed by atoms with van der Waals surface area (Å²) in [5, 5.41) is 0. The lowest BCUT2D eigenvalue weighted by atomic mass is 10.3. The van der Waals surface area contributed by atoms with Crippen LogP contribution in [0.25, 0.3) is 0 Å². The summed E-state index contributed by atoms with van der Waals surface area (Å²) in [6.45, 7) is 0.103. The molecule has 15 heavy (non-hydrogen) atoms. The second kappa shape index (κ2) is 4.00. The van der Waals surface area contributed by atoms with Crippen molar-refractivity contribution >= 4 is 15.9 Å². The molecule has 1 aromatic carbocycles. The third-order valence-electron chi connectivity index (χ3n) is 1.57. The molecule has 0 heterocycles. The normalized spacial score (nSPS) is 12.7. The maximum Gasteiger partial charge on any atom is 0.463 e. The highest BCUT2D eigenvalue weighted by atomic mass is 79.9. The zero-order valence-electron chi connectivity index (χ0n) is 7.61. The molecule has 0 N–H and O–H groups in total. The number of hydrogen-bond acceptors (Lipinski definition) is 1. The number of alkyl halides is 4. The Balaban J connectivity index is 2.82. The highest BCUT2D eigenvalue weighted by molar-refractivity contribution is 9.10. The zero-order valence-corrected chi connectivity index (χ0v) is 9.19. The van der Waals surface area contributed by atoms with Crippen molar-refractivity contribution in [1.29, 1.82) is 0 Å². The van der Waals surface area contributed by atoms with E-state index >= 15 is 0 Å². The van der Waals surface area contributed by atoms with Crippen LogP contribution in [0.2, 0.25) is 0 Å². The van der Waals surface area contributed by atoms with Gasteiger partial charge >= 0.3 is 12.0 Å². The van der Waals surface area contributed by atoms with Crippen molar-refractivity contribution < 1.29 is 22.3 Å². The van der Waals surface area contributed by atoms with Crippen LogP contribution in [0.4, 0.5) is 17.6 Å². The van der Waals surface area contributed by atoms with E-state index in [1.165, 1.54) is 24.3 Å². The third kappa shape index (κ3) is 3.09. The van der Waals surface area contributed by atoms with Crippen molar-refractivity contribution in [2.45, 2.75) is 19.0 Å². The predicted molar refractivity (Wildman–Crippen MR) is 50.3 cm³/mol. The van der Waals surface area contributed by atoms with Gasteiger partial charge in [0.05, 0.1) is 0 Å². The fraction of sp³-hybridized carbons (Fsp3) is 0.333.